The van der Waals surface area contributed by atoms with Gasteiger partial charge in [-0.05, 0) is 17.7 Å². The lowest BCUT2D eigenvalue weighted by Crippen LogP contribution is -2.01. The van der Waals surface area contributed by atoms with E-state index in [0.717, 1.165) is 0 Å². The highest BCUT2D eigenvalue weighted by molar-refractivity contribution is 8.27. The van der Waals surface area contributed by atoms with Gasteiger partial charge in [0.15, 0.2) is 0 Å². The number of nitrogens with zero attached hydrogens (tertiary/aromatic N) is 1. The summed E-state index contributed by atoms with van der Waals surface area (Å²) >= 11 is 4.10. The largest absolute Gasteiger partial charge is 0.285 e. The molecule has 0 aromatic heterocycles. The maximum absolute atomic E-state index is 10.6. The van der Waals surface area contributed by atoms with Crippen molar-refractivity contribution < 1.29 is 17.9 Å². The van der Waals surface area contributed by atoms with Crippen LogP contribution < -0.4 is 0 Å². The van der Waals surface area contributed by atoms with Crippen molar-refractivity contribution in [3.8, 4) is 0 Å². The van der Waals surface area contributed by atoms with E-state index in [1.165, 1.54) is 24.3 Å². The van der Waals surface area contributed by atoms with Gasteiger partial charge < -0.3 is 0 Å². The normalized spacial score (nSPS) is 14.5. The number of hydrogen-bond donors (Lipinski definition) is 1. The van der Waals surface area contributed by atoms with Crippen LogP contribution >= 0.6 is 0 Å². The second kappa shape index (κ2) is 4.62. The minimum Gasteiger partial charge on any atom is -0.285 e. The second-order valence-corrected chi connectivity index (χ2v) is 4.97. The van der Waals surface area contributed by atoms with Gasteiger partial charge in [-0.25, -0.2) is 0 Å². The van der Waals surface area contributed by atoms with Crippen LogP contribution in [0.5, 0.6) is 0 Å². The topological polar surface area (TPSA) is 89.7 Å². The van der Waals surface area contributed by atoms with Gasteiger partial charge >= 0.3 is 0 Å². The second-order valence-electron chi connectivity index (χ2n) is 2.61. The molecule has 1 aromatic carbocycles. The minimum atomic E-state index is -3.65. The van der Waals surface area contributed by atoms with Crippen LogP contribution in [0.2, 0.25) is 0 Å². The first-order valence-electron chi connectivity index (χ1n) is 3.73. The third-order valence-electron chi connectivity index (χ3n) is 1.52. The molecule has 82 valence electrons. The molecule has 0 aliphatic rings. The third-order valence-corrected chi connectivity index (χ3v) is 2.23. The fourth-order valence-electron chi connectivity index (χ4n) is 0.856. The van der Waals surface area contributed by atoms with E-state index in [2.05, 4.69) is 15.4 Å². The van der Waals surface area contributed by atoms with Gasteiger partial charge in [0.1, 0.15) is 0 Å². The molecule has 0 saturated heterocycles. The average molecular weight is 249 g/mol. The highest BCUT2D eigenvalue weighted by atomic mass is 32.9. The van der Waals surface area contributed by atoms with Crippen molar-refractivity contribution in [2.75, 3.05) is 0 Å². The van der Waals surface area contributed by atoms with Crippen LogP contribution in [0, 0.1) is 10.1 Å². The lowest BCUT2D eigenvalue weighted by Gasteiger charge is -2.01. The number of rotatable bonds is 4. The Morgan fingerprint density at radius 3 is 2.40 bits per heavy atom. The standard InChI is InChI=1S/C7H7NO5S2/c9-8(10)7-3-1-6(2-4-7)5-13-15(11,12)14/h1-4H,5H2,(H,11,12,14). The van der Waals surface area contributed by atoms with E-state index >= 15 is 0 Å². The molecular formula is C7H7NO5S2. The van der Waals surface area contributed by atoms with Crippen molar-refractivity contribution in [2.24, 2.45) is 0 Å². The summed E-state index contributed by atoms with van der Waals surface area (Å²) in [6, 6.07) is 5.42. The molecule has 15 heavy (non-hydrogen) atoms. The molecule has 0 radical (unpaired) electrons. The molecule has 1 unspecified atom stereocenters. The Morgan fingerprint density at radius 1 is 1.47 bits per heavy atom. The monoisotopic (exact) mass is 249 g/mol. The third kappa shape index (κ3) is 4.30. The van der Waals surface area contributed by atoms with Gasteiger partial charge in [-0.3, -0.25) is 18.9 Å². The van der Waals surface area contributed by atoms with Crippen molar-refractivity contribution in [2.45, 2.75) is 6.61 Å². The highest BCUT2D eigenvalue weighted by Crippen LogP contribution is 2.12. The van der Waals surface area contributed by atoms with Gasteiger partial charge in [0.05, 0.1) is 11.5 Å². The van der Waals surface area contributed by atoms with E-state index in [-0.39, 0.29) is 12.3 Å². The Bertz CT molecular complexity index is 453. The molecule has 0 saturated carbocycles. The minimum absolute atomic E-state index is 0.0538. The van der Waals surface area contributed by atoms with E-state index in [4.69, 9.17) is 4.55 Å². The molecule has 1 rings (SSSR count). The molecular weight excluding hydrogens is 242 g/mol. The van der Waals surface area contributed by atoms with E-state index in [1.807, 2.05) is 0 Å². The number of nitro groups is 1. The van der Waals surface area contributed by atoms with Gasteiger partial charge in [0, 0.05) is 23.3 Å². The zero-order chi connectivity index (χ0) is 11.5. The molecule has 0 aliphatic carbocycles. The Labute approximate surface area is 90.7 Å². The summed E-state index contributed by atoms with van der Waals surface area (Å²) < 4.78 is 23.7. The number of non-ortho nitro benzene ring substituents is 1. The highest BCUT2D eigenvalue weighted by Gasteiger charge is 2.05. The van der Waals surface area contributed by atoms with Crippen molar-refractivity contribution in [3.05, 3.63) is 39.9 Å². The van der Waals surface area contributed by atoms with Crippen molar-refractivity contribution in [1.29, 1.82) is 0 Å². The predicted molar refractivity (Wildman–Crippen MR) is 56.0 cm³/mol. The van der Waals surface area contributed by atoms with E-state index in [9.17, 15) is 14.3 Å². The van der Waals surface area contributed by atoms with Crippen LogP contribution in [-0.4, -0.2) is 13.7 Å². The molecule has 8 heteroatoms. The Kier molecular flexibility index (Phi) is 3.69. The molecule has 1 aromatic rings. The summed E-state index contributed by atoms with van der Waals surface area (Å²) in [6.07, 6.45) is 0. The van der Waals surface area contributed by atoms with Gasteiger partial charge in [0.25, 0.3) is 14.7 Å². The van der Waals surface area contributed by atoms with Gasteiger partial charge in [0.2, 0.25) is 0 Å². The Morgan fingerprint density at radius 2 is 2.00 bits per heavy atom. The smallest absolute Gasteiger partial charge is 0.269 e. The lowest BCUT2D eigenvalue weighted by atomic mass is 10.2. The summed E-state index contributed by atoms with van der Waals surface area (Å²) in [7, 11) is -3.65. The summed E-state index contributed by atoms with van der Waals surface area (Å²) in [5, 5.41) is 10.3. The maximum Gasteiger partial charge on any atom is 0.269 e. The molecule has 1 atom stereocenters. The van der Waals surface area contributed by atoms with Crippen molar-refractivity contribution >= 4 is 25.9 Å². The first-order chi connectivity index (χ1) is 6.88. The van der Waals surface area contributed by atoms with Crippen LogP contribution in [0.15, 0.2) is 24.3 Å². The first-order valence-corrected chi connectivity index (χ1v) is 6.10. The molecule has 0 amide bonds. The first kappa shape index (κ1) is 12.0. The fourth-order valence-corrected chi connectivity index (χ4v) is 1.29. The fraction of sp³-hybridized carbons (Fsp3) is 0.143. The van der Waals surface area contributed by atoms with Crippen LogP contribution in [-0.2, 0) is 31.0 Å². The summed E-state index contributed by atoms with van der Waals surface area (Å²) in [5.41, 5.74) is 0.481. The van der Waals surface area contributed by atoms with Crippen LogP contribution in [0.25, 0.3) is 0 Å². The molecule has 0 spiro atoms. The van der Waals surface area contributed by atoms with Crippen LogP contribution in [0.1, 0.15) is 5.56 Å². The molecule has 0 aliphatic heterocycles. The maximum atomic E-state index is 10.6. The summed E-state index contributed by atoms with van der Waals surface area (Å²) in [6.45, 7) is -0.156. The zero-order valence-corrected chi connectivity index (χ0v) is 8.99. The van der Waals surface area contributed by atoms with Gasteiger partial charge in [-0.2, -0.15) is 4.21 Å². The number of benzene rings is 1. The van der Waals surface area contributed by atoms with E-state index < -0.39 is 14.0 Å². The predicted octanol–water partition coefficient (Wildman–Crippen LogP) is 1.25. The SMILES string of the molecule is O=[N+]([O-])c1ccc(COS(=O)(O)=S)cc1. The molecule has 0 heterocycles. The summed E-state index contributed by atoms with van der Waals surface area (Å²) in [4.78, 5) is 9.77. The molecule has 6 nitrogen and oxygen atoms in total. The van der Waals surface area contributed by atoms with Gasteiger partial charge in [-0.1, -0.05) is 0 Å². The molecule has 0 fully saturated rings. The lowest BCUT2D eigenvalue weighted by molar-refractivity contribution is -0.384. The van der Waals surface area contributed by atoms with Crippen LogP contribution in [0.4, 0.5) is 5.69 Å². The van der Waals surface area contributed by atoms with Gasteiger partial charge in [-0.15, -0.1) is 0 Å². The molecule has 1 N–H and O–H groups in total. The quantitative estimate of drug-likeness (QED) is 0.638. The number of nitro benzene ring substituents is 1. The number of hydrogen-bond acceptors (Lipinski definition) is 5. The van der Waals surface area contributed by atoms with E-state index in [0.29, 0.717) is 5.56 Å². The van der Waals surface area contributed by atoms with Crippen molar-refractivity contribution in [1.82, 2.24) is 0 Å². The van der Waals surface area contributed by atoms with Crippen molar-refractivity contribution in [3.63, 3.8) is 0 Å². The Balaban J connectivity index is 2.69. The van der Waals surface area contributed by atoms with Crippen LogP contribution in [0.3, 0.4) is 0 Å². The average Bonchev–Trinajstić information content (AvgIpc) is 2.14. The Hall–Kier alpha value is -1.09. The van der Waals surface area contributed by atoms with E-state index in [1.54, 1.807) is 0 Å². The summed E-state index contributed by atoms with van der Waals surface area (Å²) in [5.74, 6) is 0. The zero-order valence-electron chi connectivity index (χ0n) is 7.36. The molecule has 0 bridgehead atoms.